The molecule has 0 aliphatic rings. The lowest BCUT2D eigenvalue weighted by molar-refractivity contribution is 0.469. The standard InChI is InChI=1S/C11H19N3/c1-4-5-11(2,3)9-7-13-10(6-12)14-8-9/h7-8H,4-6,12H2,1-3H3. The number of aromatic nitrogens is 2. The Bertz CT molecular complexity index is 277. The van der Waals surface area contributed by atoms with E-state index in [9.17, 15) is 0 Å². The minimum atomic E-state index is 0.169. The maximum atomic E-state index is 5.44. The highest BCUT2D eigenvalue weighted by Crippen LogP contribution is 2.26. The minimum Gasteiger partial charge on any atom is -0.324 e. The Hall–Kier alpha value is -0.960. The SMILES string of the molecule is CCCC(C)(C)c1cnc(CN)nc1. The molecule has 0 saturated carbocycles. The first kappa shape index (κ1) is 11.1. The van der Waals surface area contributed by atoms with Gasteiger partial charge in [-0.25, -0.2) is 9.97 Å². The van der Waals surface area contributed by atoms with Gasteiger partial charge in [0.1, 0.15) is 5.82 Å². The molecular formula is C11H19N3. The van der Waals surface area contributed by atoms with Crippen molar-refractivity contribution < 1.29 is 0 Å². The first-order valence-electron chi connectivity index (χ1n) is 5.11. The van der Waals surface area contributed by atoms with E-state index in [1.165, 1.54) is 12.0 Å². The normalized spacial score (nSPS) is 11.7. The predicted molar refractivity (Wildman–Crippen MR) is 57.9 cm³/mol. The average Bonchev–Trinajstić information content (AvgIpc) is 2.18. The van der Waals surface area contributed by atoms with Crippen LogP contribution in [0, 0.1) is 0 Å². The van der Waals surface area contributed by atoms with Crippen LogP contribution in [0.1, 0.15) is 45.0 Å². The molecule has 0 aliphatic heterocycles. The Kier molecular flexibility index (Phi) is 3.58. The fourth-order valence-corrected chi connectivity index (χ4v) is 1.58. The molecule has 0 saturated heterocycles. The molecule has 14 heavy (non-hydrogen) atoms. The quantitative estimate of drug-likeness (QED) is 0.795. The van der Waals surface area contributed by atoms with Gasteiger partial charge in [0.15, 0.2) is 0 Å². The molecule has 0 atom stereocenters. The first-order valence-corrected chi connectivity index (χ1v) is 5.11. The van der Waals surface area contributed by atoms with Gasteiger partial charge in [-0.1, -0.05) is 27.2 Å². The van der Waals surface area contributed by atoms with Crippen LogP contribution >= 0.6 is 0 Å². The van der Waals surface area contributed by atoms with Crippen LogP contribution in [-0.2, 0) is 12.0 Å². The van der Waals surface area contributed by atoms with E-state index in [-0.39, 0.29) is 5.41 Å². The summed E-state index contributed by atoms with van der Waals surface area (Å²) < 4.78 is 0. The summed E-state index contributed by atoms with van der Waals surface area (Å²) in [5.74, 6) is 0.709. The molecule has 0 unspecified atom stereocenters. The predicted octanol–water partition coefficient (Wildman–Crippen LogP) is 2.01. The lowest BCUT2D eigenvalue weighted by atomic mass is 9.82. The van der Waals surface area contributed by atoms with Crippen molar-refractivity contribution in [3.63, 3.8) is 0 Å². The van der Waals surface area contributed by atoms with Crippen molar-refractivity contribution >= 4 is 0 Å². The molecule has 0 aliphatic carbocycles. The molecule has 78 valence electrons. The van der Waals surface area contributed by atoms with Crippen molar-refractivity contribution in [3.8, 4) is 0 Å². The summed E-state index contributed by atoms with van der Waals surface area (Å²) in [6.07, 6.45) is 6.11. The van der Waals surface area contributed by atoms with Gasteiger partial charge >= 0.3 is 0 Å². The fraction of sp³-hybridized carbons (Fsp3) is 0.636. The molecular weight excluding hydrogens is 174 g/mol. The second-order valence-corrected chi connectivity index (χ2v) is 4.23. The summed E-state index contributed by atoms with van der Waals surface area (Å²) in [7, 11) is 0. The summed E-state index contributed by atoms with van der Waals surface area (Å²) in [6.45, 7) is 7.04. The van der Waals surface area contributed by atoms with Crippen LogP contribution in [0.2, 0.25) is 0 Å². The Labute approximate surface area is 85.8 Å². The molecule has 0 aromatic carbocycles. The van der Waals surface area contributed by atoms with Crippen molar-refractivity contribution in [3.05, 3.63) is 23.8 Å². The van der Waals surface area contributed by atoms with Gasteiger partial charge in [-0.3, -0.25) is 0 Å². The summed E-state index contributed by atoms with van der Waals surface area (Å²) >= 11 is 0. The summed E-state index contributed by atoms with van der Waals surface area (Å²) in [4.78, 5) is 8.42. The number of rotatable bonds is 4. The zero-order valence-corrected chi connectivity index (χ0v) is 9.25. The maximum Gasteiger partial charge on any atom is 0.141 e. The zero-order valence-electron chi connectivity index (χ0n) is 9.25. The van der Waals surface area contributed by atoms with Crippen LogP contribution < -0.4 is 5.73 Å². The number of hydrogen-bond acceptors (Lipinski definition) is 3. The molecule has 2 N–H and O–H groups in total. The molecule has 0 amide bonds. The first-order chi connectivity index (χ1) is 6.60. The largest absolute Gasteiger partial charge is 0.324 e. The topological polar surface area (TPSA) is 51.8 Å². The Morgan fingerprint density at radius 1 is 1.29 bits per heavy atom. The molecule has 1 aromatic rings. The molecule has 1 heterocycles. The number of hydrogen-bond donors (Lipinski definition) is 1. The molecule has 0 spiro atoms. The third-order valence-corrected chi connectivity index (χ3v) is 2.54. The second-order valence-electron chi connectivity index (χ2n) is 4.23. The van der Waals surface area contributed by atoms with Gasteiger partial charge in [0.25, 0.3) is 0 Å². The highest BCUT2D eigenvalue weighted by atomic mass is 14.9. The van der Waals surface area contributed by atoms with Crippen LogP contribution in [0.15, 0.2) is 12.4 Å². The molecule has 0 bridgehead atoms. The van der Waals surface area contributed by atoms with Crippen LogP contribution in [0.5, 0.6) is 0 Å². The molecule has 3 nitrogen and oxygen atoms in total. The van der Waals surface area contributed by atoms with Gasteiger partial charge in [0.2, 0.25) is 0 Å². The van der Waals surface area contributed by atoms with E-state index in [1.54, 1.807) is 0 Å². The van der Waals surface area contributed by atoms with Crippen molar-refractivity contribution in [1.29, 1.82) is 0 Å². The summed E-state index contributed by atoms with van der Waals surface area (Å²) in [6, 6.07) is 0. The summed E-state index contributed by atoms with van der Waals surface area (Å²) in [5.41, 5.74) is 6.80. The highest BCUT2D eigenvalue weighted by molar-refractivity contribution is 5.16. The third-order valence-electron chi connectivity index (χ3n) is 2.54. The van der Waals surface area contributed by atoms with Crippen molar-refractivity contribution in [1.82, 2.24) is 9.97 Å². The number of nitrogens with zero attached hydrogens (tertiary/aromatic N) is 2. The molecule has 1 aromatic heterocycles. The van der Waals surface area contributed by atoms with Crippen LogP contribution in [0.25, 0.3) is 0 Å². The monoisotopic (exact) mass is 193 g/mol. The number of nitrogens with two attached hydrogens (primary N) is 1. The smallest absolute Gasteiger partial charge is 0.141 e. The van der Waals surface area contributed by atoms with E-state index < -0.39 is 0 Å². The maximum absolute atomic E-state index is 5.44. The Balaban J connectivity index is 2.85. The van der Waals surface area contributed by atoms with Gasteiger partial charge in [0, 0.05) is 12.4 Å². The minimum absolute atomic E-state index is 0.169. The molecule has 1 rings (SSSR count). The van der Waals surface area contributed by atoms with Crippen molar-refractivity contribution in [2.75, 3.05) is 0 Å². The molecule has 0 radical (unpaired) electrons. The van der Waals surface area contributed by atoms with Crippen LogP contribution in [0.3, 0.4) is 0 Å². The van der Waals surface area contributed by atoms with Gasteiger partial charge in [-0.05, 0) is 17.4 Å². The van der Waals surface area contributed by atoms with Crippen molar-refractivity contribution in [2.24, 2.45) is 5.73 Å². The lowest BCUT2D eigenvalue weighted by Crippen LogP contribution is -2.18. The van der Waals surface area contributed by atoms with Crippen LogP contribution in [0.4, 0.5) is 0 Å². The lowest BCUT2D eigenvalue weighted by Gasteiger charge is -2.23. The van der Waals surface area contributed by atoms with Gasteiger partial charge in [-0.15, -0.1) is 0 Å². The van der Waals surface area contributed by atoms with E-state index >= 15 is 0 Å². The van der Waals surface area contributed by atoms with E-state index in [1.807, 2.05) is 12.4 Å². The van der Waals surface area contributed by atoms with E-state index in [4.69, 9.17) is 5.73 Å². The van der Waals surface area contributed by atoms with E-state index in [0.717, 1.165) is 6.42 Å². The highest BCUT2D eigenvalue weighted by Gasteiger charge is 2.19. The van der Waals surface area contributed by atoms with E-state index in [2.05, 4.69) is 30.7 Å². The average molecular weight is 193 g/mol. The molecule has 0 fully saturated rings. The Morgan fingerprint density at radius 3 is 2.29 bits per heavy atom. The van der Waals surface area contributed by atoms with E-state index in [0.29, 0.717) is 12.4 Å². The van der Waals surface area contributed by atoms with Gasteiger partial charge < -0.3 is 5.73 Å². The summed E-state index contributed by atoms with van der Waals surface area (Å²) in [5, 5.41) is 0. The molecule has 3 heteroatoms. The van der Waals surface area contributed by atoms with Gasteiger partial charge in [0.05, 0.1) is 6.54 Å². The zero-order chi connectivity index (χ0) is 10.6. The fourth-order valence-electron chi connectivity index (χ4n) is 1.58. The Morgan fingerprint density at radius 2 is 1.86 bits per heavy atom. The third kappa shape index (κ3) is 2.51. The second kappa shape index (κ2) is 4.51. The van der Waals surface area contributed by atoms with Gasteiger partial charge in [-0.2, -0.15) is 0 Å². The van der Waals surface area contributed by atoms with Crippen LogP contribution in [-0.4, -0.2) is 9.97 Å². The van der Waals surface area contributed by atoms with Crippen molar-refractivity contribution in [2.45, 2.75) is 45.6 Å².